The summed E-state index contributed by atoms with van der Waals surface area (Å²) in [6, 6.07) is 21.1. The van der Waals surface area contributed by atoms with Gasteiger partial charge in [-0.3, -0.25) is 19.3 Å². The number of anilines is 3. The molecule has 3 aromatic carbocycles. The van der Waals surface area contributed by atoms with Crippen molar-refractivity contribution in [2.45, 2.75) is 38.5 Å². The van der Waals surface area contributed by atoms with Crippen LogP contribution < -0.4 is 20.4 Å². The Morgan fingerprint density at radius 3 is 2.44 bits per heavy atom. The lowest BCUT2D eigenvalue weighted by atomic mass is 10.0. The lowest BCUT2D eigenvalue weighted by Crippen LogP contribution is -2.46. The molecule has 0 unspecified atom stereocenters. The summed E-state index contributed by atoms with van der Waals surface area (Å²) in [5.41, 5.74) is 4.12. The third-order valence-electron chi connectivity index (χ3n) is 8.06. The standard InChI is InChI=1S/C33H37N7O5/c1-23(41)35-25-10-14-27(15-11-25)40(31(42)22-39-30-7-3-2-6-29(30)36-37-39)32(33(43)34-21-28-5-4-18-45-28)24-8-12-26(13-9-24)38-16-19-44-20-17-38/h2-3,6-15,28,32H,4-5,16-22H2,1H3,(H,34,43)(H,35,41)/t28-,32-/m0/s1. The largest absolute Gasteiger partial charge is 0.378 e. The first kappa shape index (κ1) is 30.2. The molecule has 2 saturated heterocycles. The number of ether oxygens (including phenoxy) is 2. The first-order chi connectivity index (χ1) is 22.0. The molecule has 2 aliphatic heterocycles. The van der Waals surface area contributed by atoms with Gasteiger partial charge in [0.05, 0.1) is 24.8 Å². The van der Waals surface area contributed by atoms with E-state index in [9.17, 15) is 14.4 Å². The predicted molar refractivity (Wildman–Crippen MR) is 170 cm³/mol. The number of nitrogens with one attached hydrogen (secondary N) is 2. The maximum atomic E-state index is 14.4. The topological polar surface area (TPSA) is 131 Å². The molecule has 0 bridgehead atoms. The first-order valence-electron chi connectivity index (χ1n) is 15.3. The van der Waals surface area contributed by atoms with E-state index >= 15 is 0 Å². The van der Waals surface area contributed by atoms with Crippen molar-refractivity contribution in [2.75, 3.05) is 54.6 Å². The van der Waals surface area contributed by atoms with Crippen molar-refractivity contribution in [1.82, 2.24) is 20.3 Å². The fourth-order valence-corrected chi connectivity index (χ4v) is 5.81. The average molecular weight is 612 g/mol. The molecule has 6 rings (SSSR count). The Balaban J connectivity index is 1.37. The van der Waals surface area contributed by atoms with Crippen molar-refractivity contribution in [3.63, 3.8) is 0 Å². The summed E-state index contributed by atoms with van der Waals surface area (Å²) in [4.78, 5) is 43.9. The summed E-state index contributed by atoms with van der Waals surface area (Å²) in [6.45, 7) is 5.18. The number of benzene rings is 3. The van der Waals surface area contributed by atoms with E-state index in [2.05, 4.69) is 25.8 Å². The molecular formula is C33H37N7O5. The zero-order valence-electron chi connectivity index (χ0n) is 25.2. The van der Waals surface area contributed by atoms with Gasteiger partial charge in [-0.1, -0.05) is 29.5 Å². The van der Waals surface area contributed by atoms with E-state index in [-0.39, 0.29) is 30.4 Å². The molecule has 0 spiro atoms. The Labute approximate surface area is 261 Å². The summed E-state index contributed by atoms with van der Waals surface area (Å²) >= 11 is 0. The molecule has 3 heterocycles. The Bertz CT molecular complexity index is 1630. The van der Waals surface area contributed by atoms with Crippen LogP contribution in [0.3, 0.4) is 0 Å². The number of carbonyl (C=O) groups is 3. The fraction of sp³-hybridized carbons (Fsp3) is 0.364. The van der Waals surface area contributed by atoms with Crippen molar-refractivity contribution < 1.29 is 23.9 Å². The molecule has 2 fully saturated rings. The highest BCUT2D eigenvalue weighted by atomic mass is 16.5. The fourth-order valence-electron chi connectivity index (χ4n) is 5.81. The van der Waals surface area contributed by atoms with Gasteiger partial charge in [-0.2, -0.15) is 0 Å². The van der Waals surface area contributed by atoms with Crippen LogP contribution in [-0.4, -0.2) is 78.3 Å². The highest BCUT2D eigenvalue weighted by Crippen LogP contribution is 2.31. The second-order valence-electron chi connectivity index (χ2n) is 11.2. The summed E-state index contributed by atoms with van der Waals surface area (Å²) in [5.74, 6) is -0.889. The molecule has 45 heavy (non-hydrogen) atoms. The van der Waals surface area contributed by atoms with E-state index in [0.717, 1.165) is 31.6 Å². The lowest BCUT2D eigenvalue weighted by Gasteiger charge is -2.33. The lowest BCUT2D eigenvalue weighted by molar-refractivity contribution is -0.127. The minimum absolute atomic E-state index is 0.0686. The van der Waals surface area contributed by atoms with Crippen LogP contribution in [0.1, 0.15) is 31.4 Å². The molecule has 1 aromatic heterocycles. The normalized spacial score (nSPS) is 17.2. The molecule has 3 amide bonds. The van der Waals surface area contributed by atoms with Crippen LogP contribution in [0.15, 0.2) is 72.8 Å². The van der Waals surface area contributed by atoms with Crippen LogP contribution in [0.5, 0.6) is 0 Å². The molecule has 2 N–H and O–H groups in total. The van der Waals surface area contributed by atoms with E-state index in [1.807, 2.05) is 48.5 Å². The average Bonchev–Trinajstić information content (AvgIpc) is 3.74. The van der Waals surface area contributed by atoms with E-state index in [1.165, 1.54) is 11.8 Å². The SMILES string of the molecule is CC(=O)Nc1ccc(N(C(=O)Cn2nnc3ccccc32)[C@H](C(=O)NC[C@@H]2CCCO2)c2ccc(N3CCOCC3)cc2)cc1. The van der Waals surface area contributed by atoms with Gasteiger partial charge in [0.25, 0.3) is 0 Å². The summed E-state index contributed by atoms with van der Waals surface area (Å²) in [5, 5.41) is 14.2. The second kappa shape index (κ2) is 13.9. The number of nitrogens with zero attached hydrogens (tertiary/aromatic N) is 5. The zero-order valence-corrected chi connectivity index (χ0v) is 25.2. The quantitative estimate of drug-likeness (QED) is 0.279. The number of morpholine rings is 1. The van der Waals surface area contributed by atoms with Gasteiger partial charge in [0.1, 0.15) is 18.1 Å². The molecule has 2 atom stereocenters. The molecule has 0 saturated carbocycles. The van der Waals surface area contributed by atoms with E-state index < -0.39 is 6.04 Å². The van der Waals surface area contributed by atoms with Gasteiger partial charge in [-0.05, 0) is 66.9 Å². The minimum atomic E-state index is -1.00. The van der Waals surface area contributed by atoms with Gasteiger partial charge in [0.2, 0.25) is 17.7 Å². The van der Waals surface area contributed by atoms with Gasteiger partial charge in [0, 0.05) is 50.2 Å². The van der Waals surface area contributed by atoms with Crippen molar-refractivity contribution in [1.29, 1.82) is 0 Å². The second-order valence-corrected chi connectivity index (χ2v) is 11.2. The Morgan fingerprint density at radius 1 is 0.978 bits per heavy atom. The summed E-state index contributed by atoms with van der Waals surface area (Å²) in [6.07, 6.45) is 1.75. The number of amides is 3. The molecular weight excluding hydrogens is 574 g/mol. The molecule has 12 nitrogen and oxygen atoms in total. The Hall–Kier alpha value is -4.81. The van der Waals surface area contributed by atoms with Crippen molar-refractivity contribution in [3.8, 4) is 0 Å². The third-order valence-corrected chi connectivity index (χ3v) is 8.06. The molecule has 4 aromatic rings. The first-order valence-corrected chi connectivity index (χ1v) is 15.3. The Kier molecular flexibility index (Phi) is 9.32. The van der Waals surface area contributed by atoms with Gasteiger partial charge in [-0.25, -0.2) is 4.68 Å². The van der Waals surface area contributed by atoms with Crippen molar-refractivity contribution >= 4 is 45.8 Å². The molecule has 0 radical (unpaired) electrons. The molecule has 2 aliphatic rings. The van der Waals surface area contributed by atoms with Crippen LogP contribution >= 0.6 is 0 Å². The van der Waals surface area contributed by atoms with Crippen LogP contribution in [0.2, 0.25) is 0 Å². The maximum absolute atomic E-state index is 14.4. The van der Waals surface area contributed by atoms with E-state index in [0.29, 0.717) is 54.3 Å². The van der Waals surface area contributed by atoms with Crippen LogP contribution in [0, 0.1) is 0 Å². The van der Waals surface area contributed by atoms with E-state index in [4.69, 9.17) is 9.47 Å². The van der Waals surface area contributed by atoms with Crippen molar-refractivity contribution in [3.05, 3.63) is 78.4 Å². The van der Waals surface area contributed by atoms with Gasteiger partial charge in [-0.15, -0.1) is 5.10 Å². The van der Waals surface area contributed by atoms with Crippen LogP contribution in [-0.2, 0) is 30.4 Å². The predicted octanol–water partition coefficient (Wildman–Crippen LogP) is 3.30. The number of para-hydroxylation sites is 1. The number of hydrogen-bond acceptors (Lipinski definition) is 8. The van der Waals surface area contributed by atoms with Gasteiger partial charge in [0.15, 0.2) is 0 Å². The van der Waals surface area contributed by atoms with Gasteiger partial charge >= 0.3 is 0 Å². The number of fused-ring (bicyclic) bond motifs is 1. The highest BCUT2D eigenvalue weighted by molar-refractivity contribution is 6.02. The van der Waals surface area contributed by atoms with Crippen molar-refractivity contribution in [2.24, 2.45) is 0 Å². The minimum Gasteiger partial charge on any atom is -0.378 e. The number of aromatic nitrogens is 3. The van der Waals surface area contributed by atoms with Gasteiger partial charge < -0.3 is 25.0 Å². The van der Waals surface area contributed by atoms with Crippen LogP contribution in [0.4, 0.5) is 17.1 Å². The third kappa shape index (κ3) is 7.13. The molecule has 234 valence electrons. The molecule has 0 aliphatic carbocycles. The Morgan fingerprint density at radius 2 is 1.73 bits per heavy atom. The zero-order chi connectivity index (χ0) is 31.2. The number of carbonyl (C=O) groups excluding carboxylic acids is 3. The van der Waals surface area contributed by atoms with E-state index in [1.54, 1.807) is 28.9 Å². The smallest absolute Gasteiger partial charge is 0.249 e. The monoisotopic (exact) mass is 611 g/mol. The number of hydrogen-bond donors (Lipinski definition) is 2. The van der Waals surface area contributed by atoms with Crippen LogP contribution in [0.25, 0.3) is 11.0 Å². The summed E-state index contributed by atoms with van der Waals surface area (Å²) < 4.78 is 12.8. The maximum Gasteiger partial charge on any atom is 0.249 e. The number of rotatable bonds is 10. The highest BCUT2D eigenvalue weighted by Gasteiger charge is 2.34. The molecule has 12 heteroatoms. The summed E-state index contributed by atoms with van der Waals surface area (Å²) in [7, 11) is 0.